The summed E-state index contributed by atoms with van der Waals surface area (Å²) >= 11 is 0. The monoisotopic (exact) mass is 472 g/mol. The average molecular weight is 473 g/mol. The van der Waals surface area contributed by atoms with Crippen LogP contribution in [0.2, 0.25) is 0 Å². The Bertz CT molecular complexity index is 1140. The van der Waals surface area contributed by atoms with Gasteiger partial charge in [-0.25, -0.2) is 13.8 Å². The van der Waals surface area contributed by atoms with E-state index in [-0.39, 0.29) is 23.6 Å². The molecular formula is C24H30F2N6O2. The highest BCUT2D eigenvalue weighted by molar-refractivity contribution is 6.03. The van der Waals surface area contributed by atoms with Gasteiger partial charge in [0.25, 0.3) is 5.91 Å². The summed E-state index contributed by atoms with van der Waals surface area (Å²) in [5, 5.41) is 9.82. The lowest BCUT2D eigenvalue weighted by atomic mass is 9.81. The van der Waals surface area contributed by atoms with Gasteiger partial charge in [-0.1, -0.05) is 13.8 Å². The molecule has 3 aliphatic rings. The van der Waals surface area contributed by atoms with E-state index in [9.17, 15) is 18.4 Å². The van der Waals surface area contributed by atoms with E-state index in [0.29, 0.717) is 30.6 Å². The van der Waals surface area contributed by atoms with Crippen molar-refractivity contribution >= 4 is 17.6 Å². The van der Waals surface area contributed by atoms with Gasteiger partial charge in [-0.15, -0.1) is 0 Å². The number of carbonyl (C=O) groups is 2. The number of amides is 2. The second-order valence-corrected chi connectivity index (χ2v) is 10.0. The van der Waals surface area contributed by atoms with Crippen LogP contribution in [-0.4, -0.2) is 55.9 Å². The highest BCUT2D eigenvalue weighted by Crippen LogP contribution is 2.45. The van der Waals surface area contributed by atoms with Crippen molar-refractivity contribution in [2.75, 3.05) is 18.4 Å². The van der Waals surface area contributed by atoms with Crippen molar-refractivity contribution in [3.8, 4) is 0 Å². The summed E-state index contributed by atoms with van der Waals surface area (Å²) in [6.45, 7) is 8.57. The van der Waals surface area contributed by atoms with Crippen molar-refractivity contribution in [3.63, 3.8) is 0 Å². The lowest BCUT2D eigenvalue weighted by Gasteiger charge is -2.43. The molecule has 0 aliphatic carbocycles. The maximum Gasteiger partial charge on any atom is 0.278 e. The van der Waals surface area contributed by atoms with E-state index >= 15 is 0 Å². The quantitative estimate of drug-likeness (QED) is 0.711. The number of pyridine rings is 1. The van der Waals surface area contributed by atoms with Gasteiger partial charge in [-0.05, 0) is 45.1 Å². The van der Waals surface area contributed by atoms with Crippen LogP contribution < -0.4 is 5.32 Å². The summed E-state index contributed by atoms with van der Waals surface area (Å²) in [5.74, 6) is -2.13. The molecule has 3 aliphatic heterocycles. The van der Waals surface area contributed by atoms with Gasteiger partial charge in [-0.3, -0.25) is 14.7 Å². The molecule has 5 heterocycles. The van der Waals surface area contributed by atoms with E-state index in [0.717, 1.165) is 37.8 Å². The van der Waals surface area contributed by atoms with Crippen LogP contribution in [-0.2, 0) is 16.9 Å². The highest BCUT2D eigenvalue weighted by atomic mass is 19.1. The third-order valence-electron chi connectivity index (χ3n) is 8.08. The number of piperidine rings is 1. The number of hydrogen-bond acceptors (Lipinski definition) is 5. The van der Waals surface area contributed by atoms with E-state index in [1.165, 1.54) is 6.42 Å². The molecule has 8 nitrogen and oxygen atoms in total. The summed E-state index contributed by atoms with van der Waals surface area (Å²) in [6.07, 6.45) is 4.68. The van der Waals surface area contributed by atoms with Crippen LogP contribution in [0.25, 0.3) is 0 Å². The number of hydrogen-bond donors (Lipinski definition) is 2. The van der Waals surface area contributed by atoms with Crippen molar-refractivity contribution in [2.45, 2.75) is 64.6 Å². The molecule has 0 radical (unpaired) electrons. The number of carbonyl (C=O) groups excluding carboxylic acids is 2. The minimum atomic E-state index is -1.05. The molecule has 0 saturated carbocycles. The predicted molar refractivity (Wildman–Crippen MR) is 121 cm³/mol. The summed E-state index contributed by atoms with van der Waals surface area (Å²) < 4.78 is 27.2. The van der Waals surface area contributed by atoms with E-state index in [1.807, 2.05) is 18.7 Å². The maximum absolute atomic E-state index is 14.0. The van der Waals surface area contributed by atoms with Gasteiger partial charge in [0, 0.05) is 30.1 Å². The van der Waals surface area contributed by atoms with Crippen LogP contribution in [0.1, 0.15) is 68.2 Å². The topological polar surface area (TPSA) is 94.2 Å². The number of rotatable bonds is 4. The number of aromatic amines is 1. The minimum absolute atomic E-state index is 0.0438. The fourth-order valence-electron chi connectivity index (χ4n) is 5.94. The number of halogens is 2. The Morgan fingerprint density at radius 1 is 1.35 bits per heavy atom. The molecule has 34 heavy (non-hydrogen) atoms. The predicted octanol–water partition coefficient (Wildman–Crippen LogP) is 3.42. The molecule has 4 atom stereocenters. The summed E-state index contributed by atoms with van der Waals surface area (Å²) in [5.41, 5.74) is 0.380. The van der Waals surface area contributed by atoms with Gasteiger partial charge in [0.2, 0.25) is 5.91 Å². The second kappa shape index (κ2) is 8.41. The first-order valence-electron chi connectivity index (χ1n) is 12.0. The summed E-state index contributed by atoms with van der Waals surface area (Å²) in [7, 11) is 0. The lowest BCUT2D eigenvalue weighted by Crippen LogP contribution is -2.52. The van der Waals surface area contributed by atoms with E-state index in [2.05, 4.69) is 32.3 Å². The van der Waals surface area contributed by atoms with Gasteiger partial charge in [0.05, 0.1) is 24.0 Å². The molecule has 0 aromatic carbocycles. The molecule has 2 saturated heterocycles. The SMILES string of the molecule is CCC1(C)c2[nH]nc(NC(=O)c3ncc(F)cc3F)c2CN1C(=O)C1C[C@@H]2CCCN2C[C@@H]1C. The zero-order valence-electron chi connectivity index (χ0n) is 19.7. The molecule has 2 amide bonds. The number of fused-ring (bicyclic) bond motifs is 2. The Morgan fingerprint density at radius 2 is 2.15 bits per heavy atom. The van der Waals surface area contributed by atoms with Crippen LogP contribution in [0.5, 0.6) is 0 Å². The molecular weight excluding hydrogens is 442 g/mol. The third-order valence-corrected chi connectivity index (χ3v) is 8.08. The van der Waals surface area contributed by atoms with Crippen molar-refractivity contribution in [1.82, 2.24) is 25.0 Å². The largest absolute Gasteiger partial charge is 0.327 e. The van der Waals surface area contributed by atoms with Gasteiger partial charge in [0.1, 0.15) is 5.82 Å². The van der Waals surface area contributed by atoms with Crippen LogP contribution >= 0.6 is 0 Å². The molecule has 5 rings (SSSR count). The fraction of sp³-hybridized carbons (Fsp3) is 0.583. The molecule has 10 heteroatoms. The Morgan fingerprint density at radius 3 is 2.88 bits per heavy atom. The van der Waals surface area contributed by atoms with Crippen LogP contribution in [0, 0.1) is 23.5 Å². The maximum atomic E-state index is 14.0. The average Bonchev–Trinajstić information content (AvgIpc) is 3.49. The fourth-order valence-corrected chi connectivity index (χ4v) is 5.94. The second-order valence-electron chi connectivity index (χ2n) is 10.0. The Balaban J connectivity index is 1.39. The molecule has 2 unspecified atom stereocenters. The van der Waals surface area contributed by atoms with Crippen molar-refractivity contribution in [2.24, 2.45) is 11.8 Å². The smallest absolute Gasteiger partial charge is 0.278 e. The number of aromatic nitrogens is 3. The molecule has 2 fully saturated rings. The zero-order valence-corrected chi connectivity index (χ0v) is 19.7. The summed E-state index contributed by atoms with van der Waals surface area (Å²) in [6, 6.07) is 1.09. The first-order valence-corrected chi connectivity index (χ1v) is 12.0. The van der Waals surface area contributed by atoms with Gasteiger partial charge >= 0.3 is 0 Å². The molecule has 0 bridgehead atoms. The van der Waals surface area contributed by atoms with Crippen molar-refractivity contribution in [1.29, 1.82) is 0 Å². The molecule has 2 aromatic rings. The lowest BCUT2D eigenvalue weighted by molar-refractivity contribution is -0.146. The molecule has 182 valence electrons. The molecule has 0 spiro atoms. The molecule has 2 N–H and O–H groups in total. The Labute approximate surface area is 197 Å². The number of nitrogens with one attached hydrogen (secondary N) is 2. The number of H-pyrrole nitrogens is 1. The van der Waals surface area contributed by atoms with E-state index in [1.54, 1.807) is 0 Å². The first kappa shape index (κ1) is 22.9. The minimum Gasteiger partial charge on any atom is -0.327 e. The number of nitrogens with zero attached hydrogens (tertiary/aromatic N) is 4. The van der Waals surface area contributed by atoms with Crippen LogP contribution in [0.4, 0.5) is 14.6 Å². The summed E-state index contributed by atoms with van der Waals surface area (Å²) in [4.78, 5) is 34.5. The van der Waals surface area contributed by atoms with Gasteiger partial charge < -0.3 is 15.1 Å². The van der Waals surface area contributed by atoms with Gasteiger partial charge in [-0.2, -0.15) is 5.10 Å². The van der Waals surface area contributed by atoms with E-state index < -0.39 is 28.8 Å². The molecule has 2 aromatic heterocycles. The standard InChI is InChI=1S/C24H30F2N6O2/c1-4-24(3)20-17(21(30-29-20)28-22(33)19-18(26)8-14(25)10-27-19)12-32(24)23(34)16-9-15-6-5-7-31(15)11-13(16)2/h8,10,13,15-16H,4-7,9,11-12H2,1-3H3,(H2,28,29,30,33)/t13-,15-,16?,24?/m0/s1. The first-order chi connectivity index (χ1) is 16.2. The zero-order chi connectivity index (χ0) is 24.2. The van der Waals surface area contributed by atoms with E-state index in [4.69, 9.17) is 0 Å². The van der Waals surface area contributed by atoms with Crippen LogP contribution in [0.15, 0.2) is 12.3 Å². The third kappa shape index (κ3) is 3.59. The Hall–Kier alpha value is -2.88. The van der Waals surface area contributed by atoms with Gasteiger partial charge in [0.15, 0.2) is 17.3 Å². The van der Waals surface area contributed by atoms with Crippen molar-refractivity contribution < 1.29 is 18.4 Å². The normalized spacial score (nSPS) is 28.6. The highest BCUT2D eigenvalue weighted by Gasteiger charge is 2.49. The van der Waals surface area contributed by atoms with Crippen molar-refractivity contribution in [3.05, 3.63) is 40.8 Å². The Kier molecular flexibility index (Phi) is 5.66. The number of anilines is 1. The van der Waals surface area contributed by atoms with Crippen LogP contribution in [0.3, 0.4) is 0 Å².